The van der Waals surface area contributed by atoms with E-state index in [1.807, 2.05) is 10.5 Å². The van der Waals surface area contributed by atoms with Crippen molar-refractivity contribution in [3.63, 3.8) is 0 Å². The topological polar surface area (TPSA) is 85.7 Å². The van der Waals surface area contributed by atoms with Crippen molar-refractivity contribution in [1.29, 1.82) is 0 Å². The molecule has 0 unspecified atom stereocenters. The number of carbonyl (C=O) groups excluding carboxylic acids is 1. The van der Waals surface area contributed by atoms with Crippen LogP contribution in [0.2, 0.25) is 0 Å². The van der Waals surface area contributed by atoms with Crippen LogP contribution in [0.3, 0.4) is 0 Å². The Bertz CT molecular complexity index is 1050. The third kappa shape index (κ3) is 4.05. The van der Waals surface area contributed by atoms with Crippen LogP contribution in [-0.4, -0.2) is 42.0 Å². The lowest BCUT2D eigenvalue weighted by Crippen LogP contribution is -2.17. The molecule has 1 saturated carbocycles. The summed E-state index contributed by atoms with van der Waals surface area (Å²) in [6.45, 7) is 2.25. The summed E-state index contributed by atoms with van der Waals surface area (Å²) in [6, 6.07) is 3.48. The highest BCUT2D eigenvalue weighted by Gasteiger charge is 2.25. The third-order valence-corrected chi connectivity index (χ3v) is 5.78. The van der Waals surface area contributed by atoms with Gasteiger partial charge in [-0.15, -0.1) is 0 Å². The quantitative estimate of drug-likeness (QED) is 0.672. The van der Waals surface area contributed by atoms with Crippen molar-refractivity contribution in [3.05, 3.63) is 40.1 Å². The number of aromatic nitrogens is 3. The highest BCUT2D eigenvalue weighted by Crippen LogP contribution is 2.37. The summed E-state index contributed by atoms with van der Waals surface area (Å²) in [5.41, 5.74) is 2.19. The zero-order valence-corrected chi connectivity index (χ0v) is 17.5. The highest BCUT2D eigenvalue weighted by molar-refractivity contribution is 5.89. The Morgan fingerprint density at radius 3 is 2.45 bits per heavy atom. The largest absolute Gasteiger partial charge is 0.496 e. The molecule has 1 aromatic carbocycles. The number of nitrogens with zero attached hydrogens (tertiary/aromatic N) is 2. The van der Waals surface area contributed by atoms with Crippen LogP contribution < -0.4 is 10.3 Å². The fraction of sp³-hybridized carbons (Fsp3) is 0.500. The molecule has 1 aliphatic carbocycles. The van der Waals surface area contributed by atoms with E-state index in [1.165, 1.54) is 26.4 Å². The highest BCUT2D eigenvalue weighted by atomic mass is 16.5. The summed E-state index contributed by atoms with van der Waals surface area (Å²) in [4.78, 5) is 31.3. The Kier molecular flexibility index (Phi) is 6.69. The lowest BCUT2D eigenvalue weighted by Gasteiger charge is -2.27. The summed E-state index contributed by atoms with van der Waals surface area (Å²) in [7, 11) is 4.79. The molecule has 156 valence electrons. The minimum Gasteiger partial charge on any atom is -0.496 e. The second kappa shape index (κ2) is 9.22. The summed E-state index contributed by atoms with van der Waals surface area (Å²) in [5.74, 6) is 2.58. The van der Waals surface area contributed by atoms with E-state index in [-0.39, 0.29) is 5.56 Å². The number of hydrogen-bond donors (Lipinski definition) is 1. The number of H-pyrrole nitrogens is 1. The maximum atomic E-state index is 12.5. The molecular formula is C22H29N3O4. The SMILES string of the molecule is CCC1CCC(c2ncc3c(=O)[nH]c4cc(C=O)c(OC)cc4n23)CC1.COC. The molecular weight excluding hydrogens is 370 g/mol. The number of rotatable bonds is 4. The van der Waals surface area contributed by atoms with Crippen LogP contribution in [-0.2, 0) is 4.74 Å². The van der Waals surface area contributed by atoms with Gasteiger partial charge in [-0.3, -0.25) is 14.0 Å². The standard InChI is InChI=1S/C20H23N3O3.C2H6O/c1-3-12-4-6-13(7-5-12)19-21-10-17-20(25)22-15-8-14(11-24)18(26-2)9-16(15)23(17)19;1-3-2/h8-13H,3-7H2,1-2H3,(H,22,25);1-2H3. The number of nitrogens with one attached hydrogen (secondary N) is 1. The second-order valence-electron chi connectivity index (χ2n) is 7.55. The molecule has 0 bridgehead atoms. The molecule has 0 spiro atoms. The van der Waals surface area contributed by atoms with Gasteiger partial charge in [0.15, 0.2) is 6.29 Å². The van der Waals surface area contributed by atoms with Gasteiger partial charge >= 0.3 is 0 Å². The first-order valence-corrected chi connectivity index (χ1v) is 10.0. The van der Waals surface area contributed by atoms with E-state index < -0.39 is 0 Å². The average molecular weight is 399 g/mol. The van der Waals surface area contributed by atoms with Gasteiger partial charge in [-0.1, -0.05) is 13.3 Å². The van der Waals surface area contributed by atoms with Gasteiger partial charge in [0.1, 0.15) is 17.1 Å². The Hall–Kier alpha value is -2.67. The first kappa shape index (κ1) is 21.0. The average Bonchev–Trinajstić information content (AvgIpc) is 3.19. The zero-order chi connectivity index (χ0) is 21.0. The molecule has 29 heavy (non-hydrogen) atoms. The van der Waals surface area contributed by atoms with E-state index in [1.54, 1.807) is 26.5 Å². The molecule has 0 aliphatic heterocycles. The summed E-state index contributed by atoms with van der Waals surface area (Å²) in [6.07, 6.45) is 8.21. The van der Waals surface area contributed by atoms with Crippen LogP contribution in [0.4, 0.5) is 0 Å². The zero-order valence-electron chi connectivity index (χ0n) is 17.5. The van der Waals surface area contributed by atoms with Gasteiger partial charge in [0.05, 0.1) is 29.9 Å². The van der Waals surface area contributed by atoms with E-state index in [4.69, 9.17) is 4.74 Å². The van der Waals surface area contributed by atoms with Crippen molar-refractivity contribution < 1.29 is 14.3 Å². The molecule has 1 fully saturated rings. The summed E-state index contributed by atoms with van der Waals surface area (Å²) >= 11 is 0. The van der Waals surface area contributed by atoms with Crippen molar-refractivity contribution in [3.8, 4) is 5.75 Å². The number of carbonyl (C=O) groups is 1. The number of aldehydes is 1. The third-order valence-electron chi connectivity index (χ3n) is 5.78. The van der Waals surface area contributed by atoms with E-state index in [9.17, 15) is 9.59 Å². The van der Waals surface area contributed by atoms with Gasteiger partial charge in [-0.05, 0) is 37.7 Å². The normalized spacial score (nSPS) is 19.0. The van der Waals surface area contributed by atoms with E-state index in [0.29, 0.717) is 28.3 Å². The van der Waals surface area contributed by atoms with Crippen LogP contribution in [0.1, 0.15) is 61.1 Å². The Morgan fingerprint density at radius 2 is 1.86 bits per heavy atom. The fourth-order valence-electron chi connectivity index (χ4n) is 4.22. The molecule has 3 aromatic rings. The van der Waals surface area contributed by atoms with Crippen LogP contribution in [0.25, 0.3) is 16.6 Å². The molecule has 4 rings (SSSR count). The molecule has 0 saturated heterocycles. The smallest absolute Gasteiger partial charge is 0.274 e. The number of fused-ring (bicyclic) bond motifs is 3. The Morgan fingerprint density at radius 1 is 1.17 bits per heavy atom. The Balaban J connectivity index is 0.000000755. The minimum atomic E-state index is -0.194. The first-order chi connectivity index (χ1) is 14.1. The number of imidazole rings is 1. The van der Waals surface area contributed by atoms with E-state index in [2.05, 4.69) is 21.6 Å². The number of hydrogen-bond acceptors (Lipinski definition) is 5. The van der Waals surface area contributed by atoms with Crippen LogP contribution in [0.5, 0.6) is 5.75 Å². The lowest BCUT2D eigenvalue weighted by molar-refractivity contribution is 0.112. The predicted molar refractivity (Wildman–Crippen MR) is 113 cm³/mol. The van der Waals surface area contributed by atoms with Crippen molar-refractivity contribution in [2.45, 2.75) is 44.9 Å². The summed E-state index contributed by atoms with van der Waals surface area (Å²) in [5, 5.41) is 0. The number of aromatic amines is 1. The molecule has 1 aliphatic rings. The Labute approximate surface area is 170 Å². The molecule has 2 aromatic heterocycles. The van der Waals surface area contributed by atoms with Crippen molar-refractivity contribution in [2.24, 2.45) is 5.92 Å². The van der Waals surface area contributed by atoms with Crippen molar-refractivity contribution in [2.75, 3.05) is 21.3 Å². The number of benzene rings is 1. The fourth-order valence-corrected chi connectivity index (χ4v) is 4.22. The molecule has 7 heteroatoms. The van der Waals surface area contributed by atoms with Crippen LogP contribution in [0, 0.1) is 5.92 Å². The molecule has 1 N–H and O–H groups in total. The van der Waals surface area contributed by atoms with Gasteiger partial charge in [0, 0.05) is 26.2 Å². The van der Waals surface area contributed by atoms with E-state index in [0.717, 1.165) is 36.4 Å². The lowest BCUT2D eigenvalue weighted by atomic mass is 9.80. The van der Waals surface area contributed by atoms with Crippen molar-refractivity contribution >= 4 is 22.8 Å². The first-order valence-electron chi connectivity index (χ1n) is 10.0. The molecule has 0 atom stereocenters. The molecule has 0 amide bonds. The van der Waals surface area contributed by atoms with Gasteiger partial charge in [-0.25, -0.2) is 4.98 Å². The van der Waals surface area contributed by atoms with Crippen LogP contribution in [0.15, 0.2) is 23.1 Å². The predicted octanol–water partition coefficient (Wildman–Crippen LogP) is 3.94. The van der Waals surface area contributed by atoms with Gasteiger partial charge < -0.3 is 14.5 Å². The minimum absolute atomic E-state index is 0.194. The summed E-state index contributed by atoms with van der Waals surface area (Å²) < 4.78 is 11.6. The monoisotopic (exact) mass is 399 g/mol. The molecule has 2 heterocycles. The number of methoxy groups -OCH3 is 2. The van der Waals surface area contributed by atoms with Crippen molar-refractivity contribution in [1.82, 2.24) is 14.4 Å². The molecule has 7 nitrogen and oxygen atoms in total. The second-order valence-corrected chi connectivity index (χ2v) is 7.55. The van der Waals surface area contributed by atoms with Gasteiger partial charge in [0.2, 0.25) is 0 Å². The van der Waals surface area contributed by atoms with E-state index >= 15 is 0 Å². The number of ether oxygens (including phenoxy) is 2. The maximum absolute atomic E-state index is 12.5. The van der Waals surface area contributed by atoms with Gasteiger partial charge in [0.25, 0.3) is 5.56 Å². The van der Waals surface area contributed by atoms with Gasteiger partial charge in [-0.2, -0.15) is 0 Å². The molecule has 0 radical (unpaired) electrons. The maximum Gasteiger partial charge on any atom is 0.274 e. The van der Waals surface area contributed by atoms with Crippen LogP contribution >= 0.6 is 0 Å².